The number of carboxylic acid groups (broad SMARTS) is 1. The minimum Gasteiger partial charge on any atom is -0.481 e. The van der Waals surface area contributed by atoms with Gasteiger partial charge in [-0.05, 0) is 61.4 Å². The molecule has 0 radical (unpaired) electrons. The summed E-state index contributed by atoms with van der Waals surface area (Å²) in [6.45, 7) is 6.24. The zero-order valence-corrected chi connectivity index (χ0v) is 12.9. The highest BCUT2D eigenvalue weighted by Gasteiger charge is 2.08. The summed E-state index contributed by atoms with van der Waals surface area (Å²) in [6, 6.07) is 12.7. The number of carbonyl (C=O) groups is 1. The van der Waals surface area contributed by atoms with E-state index in [1.807, 2.05) is 12.1 Å². The van der Waals surface area contributed by atoms with Gasteiger partial charge in [-0.15, -0.1) is 0 Å². The van der Waals surface area contributed by atoms with E-state index in [4.69, 9.17) is 5.11 Å². The zero-order valence-electron chi connectivity index (χ0n) is 12.9. The first kappa shape index (κ1) is 15.3. The fourth-order valence-electron chi connectivity index (χ4n) is 2.78. The summed E-state index contributed by atoms with van der Waals surface area (Å²) >= 11 is 0. The van der Waals surface area contributed by atoms with E-state index in [0.717, 1.165) is 18.4 Å². The van der Waals surface area contributed by atoms with Crippen LogP contribution in [0.25, 0.3) is 0 Å². The normalized spacial score (nSPS) is 10.6. The van der Waals surface area contributed by atoms with Gasteiger partial charge in [0, 0.05) is 0 Å². The van der Waals surface area contributed by atoms with Crippen LogP contribution in [0.15, 0.2) is 36.4 Å². The van der Waals surface area contributed by atoms with E-state index >= 15 is 0 Å². The SMILES string of the molecule is Cc1ccc(CCc2c(C)cc(CC(=O)O)cc2C)cc1. The monoisotopic (exact) mass is 282 g/mol. The van der Waals surface area contributed by atoms with Crippen molar-refractivity contribution in [2.24, 2.45) is 0 Å². The summed E-state index contributed by atoms with van der Waals surface area (Å²) in [7, 11) is 0. The number of rotatable bonds is 5. The van der Waals surface area contributed by atoms with E-state index in [1.54, 1.807) is 0 Å². The lowest BCUT2D eigenvalue weighted by molar-refractivity contribution is -0.136. The van der Waals surface area contributed by atoms with Crippen LogP contribution in [0.3, 0.4) is 0 Å². The topological polar surface area (TPSA) is 37.3 Å². The molecule has 0 aliphatic rings. The molecular formula is C19H22O2. The standard InChI is InChI=1S/C19H22O2/c1-13-4-6-16(7-5-13)8-9-18-14(2)10-17(11-15(18)3)12-19(20)21/h4-7,10-11H,8-9,12H2,1-3H3,(H,20,21). The first-order valence-corrected chi connectivity index (χ1v) is 7.32. The van der Waals surface area contributed by atoms with Crippen molar-refractivity contribution in [2.75, 3.05) is 0 Å². The van der Waals surface area contributed by atoms with Crippen LogP contribution < -0.4 is 0 Å². The number of aliphatic carboxylic acids is 1. The molecule has 0 fully saturated rings. The van der Waals surface area contributed by atoms with Crippen molar-refractivity contribution in [1.29, 1.82) is 0 Å². The molecule has 0 amide bonds. The van der Waals surface area contributed by atoms with E-state index in [2.05, 4.69) is 45.0 Å². The summed E-state index contributed by atoms with van der Waals surface area (Å²) in [5.41, 5.74) is 7.23. The fraction of sp³-hybridized carbons (Fsp3) is 0.316. The molecule has 2 heteroatoms. The van der Waals surface area contributed by atoms with Gasteiger partial charge in [0.1, 0.15) is 0 Å². The van der Waals surface area contributed by atoms with Gasteiger partial charge >= 0.3 is 5.97 Å². The molecule has 0 unspecified atom stereocenters. The molecule has 0 aliphatic carbocycles. The van der Waals surface area contributed by atoms with Gasteiger partial charge in [-0.1, -0.05) is 42.0 Å². The second kappa shape index (κ2) is 6.57. The summed E-state index contributed by atoms with van der Waals surface area (Å²) in [4.78, 5) is 10.8. The molecular weight excluding hydrogens is 260 g/mol. The Hall–Kier alpha value is -2.09. The van der Waals surface area contributed by atoms with Crippen LogP contribution in [-0.4, -0.2) is 11.1 Å². The molecule has 0 saturated heterocycles. The van der Waals surface area contributed by atoms with Crippen LogP contribution >= 0.6 is 0 Å². The molecule has 0 atom stereocenters. The predicted octanol–water partition coefficient (Wildman–Crippen LogP) is 4.02. The van der Waals surface area contributed by atoms with Gasteiger partial charge < -0.3 is 5.11 Å². The van der Waals surface area contributed by atoms with Crippen LogP contribution in [0.4, 0.5) is 0 Å². The minimum absolute atomic E-state index is 0.0971. The lowest BCUT2D eigenvalue weighted by Crippen LogP contribution is -2.04. The molecule has 0 spiro atoms. The van der Waals surface area contributed by atoms with Gasteiger partial charge in [0.05, 0.1) is 6.42 Å². The smallest absolute Gasteiger partial charge is 0.307 e. The molecule has 1 N–H and O–H groups in total. The Labute approximate surface area is 126 Å². The highest BCUT2D eigenvalue weighted by Crippen LogP contribution is 2.19. The lowest BCUT2D eigenvalue weighted by atomic mass is 9.93. The minimum atomic E-state index is -0.777. The molecule has 2 aromatic carbocycles. The zero-order chi connectivity index (χ0) is 15.4. The average Bonchev–Trinajstić information content (AvgIpc) is 2.39. The van der Waals surface area contributed by atoms with E-state index in [0.29, 0.717) is 0 Å². The fourth-order valence-corrected chi connectivity index (χ4v) is 2.78. The maximum absolute atomic E-state index is 10.8. The Balaban J connectivity index is 2.13. The molecule has 2 rings (SSSR count). The number of aryl methyl sites for hydroxylation is 4. The van der Waals surface area contributed by atoms with Gasteiger partial charge in [-0.2, -0.15) is 0 Å². The average molecular weight is 282 g/mol. The summed E-state index contributed by atoms with van der Waals surface area (Å²) in [5.74, 6) is -0.777. The van der Waals surface area contributed by atoms with Crippen molar-refractivity contribution >= 4 is 5.97 Å². The van der Waals surface area contributed by atoms with Crippen LogP contribution in [0.5, 0.6) is 0 Å². The largest absolute Gasteiger partial charge is 0.481 e. The third kappa shape index (κ3) is 4.19. The molecule has 21 heavy (non-hydrogen) atoms. The highest BCUT2D eigenvalue weighted by molar-refractivity contribution is 5.70. The Bertz CT molecular complexity index is 616. The molecule has 110 valence electrons. The van der Waals surface area contributed by atoms with Crippen molar-refractivity contribution in [2.45, 2.75) is 40.0 Å². The van der Waals surface area contributed by atoms with E-state index in [1.165, 1.54) is 27.8 Å². The highest BCUT2D eigenvalue weighted by atomic mass is 16.4. The van der Waals surface area contributed by atoms with Gasteiger partial charge in [-0.3, -0.25) is 4.79 Å². The van der Waals surface area contributed by atoms with Crippen LogP contribution in [-0.2, 0) is 24.1 Å². The van der Waals surface area contributed by atoms with Crippen molar-refractivity contribution in [1.82, 2.24) is 0 Å². The lowest BCUT2D eigenvalue weighted by Gasteiger charge is -2.12. The van der Waals surface area contributed by atoms with E-state index in [-0.39, 0.29) is 6.42 Å². The Morgan fingerprint density at radius 2 is 1.48 bits per heavy atom. The molecule has 2 aromatic rings. The van der Waals surface area contributed by atoms with Gasteiger partial charge in [-0.25, -0.2) is 0 Å². The predicted molar refractivity (Wildman–Crippen MR) is 85.8 cm³/mol. The third-order valence-electron chi connectivity index (χ3n) is 3.90. The molecule has 0 bridgehead atoms. The summed E-state index contributed by atoms with van der Waals surface area (Å²) in [6.07, 6.45) is 2.11. The maximum atomic E-state index is 10.8. The molecule has 2 nitrogen and oxygen atoms in total. The van der Waals surface area contributed by atoms with Gasteiger partial charge in [0.15, 0.2) is 0 Å². The maximum Gasteiger partial charge on any atom is 0.307 e. The van der Waals surface area contributed by atoms with Crippen molar-refractivity contribution in [3.63, 3.8) is 0 Å². The van der Waals surface area contributed by atoms with Crippen LogP contribution in [0.2, 0.25) is 0 Å². The molecule has 0 aromatic heterocycles. The second-order valence-electron chi connectivity index (χ2n) is 5.76. The Kier molecular flexibility index (Phi) is 4.79. The van der Waals surface area contributed by atoms with Crippen LogP contribution in [0, 0.1) is 20.8 Å². The van der Waals surface area contributed by atoms with Gasteiger partial charge in [0.25, 0.3) is 0 Å². The Morgan fingerprint density at radius 1 is 0.905 bits per heavy atom. The third-order valence-corrected chi connectivity index (χ3v) is 3.90. The van der Waals surface area contributed by atoms with E-state index < -0.39 is 5.97 Å². The summed E-state index contributed by atoms with van der Waals surface area (Å²) < 4.78 is 0. The van der Waals surface area contributed by atoms with Crippen molar-refractivity contribution in [3.05, 3.63) is 69.8 Å². The molecule has 0 heterocycles. The number of carboxylic acids is 1. The molecule has 0 aliphatic heterocycles. The van der Waals surface area contributed by atoms with Crippen molar-refractivity contribution in [3.8, 4) is 0 Å². The van der Waals surface area contributed by atoms with E-state index in [9.17, 15) is 4.79 Å². The summed E-state index contributed by atoms with van der Waals surface area (Å²) in [5, 5.41) is 8.89. The molecule has 0 saturated carbocycles. The number of benzene rings is 2. The van der Waals surface area contributed by atoms with Crippen LogP contribution in [0.1, 0.15) is 33.4 Å². The first-order valence-electron chi connectivity index (χ1n) is 7.32. The van der Waals surface area contributed by atoms with Crippen molar-refractivity contribution < 1.29 is 9.90 Å². The second-order valence-corrected chi connectivity index (χ2v) is 5.76. The Morgan fingerprint density at radius 3 is 2.00 bits per heavy atom. The number of hydrogen-bond donors (Lipinski definition) is 1. The quantitative estimate of drug-likeness (QED) is 0.899. The van der Waals surface area contributed by atoms with Gasteiger partial charge in [0.2, 0.25) is 0 Å². The first-order chi connectivity index (χ1) is 9.95. The number of hydrogen-bond acceptors (Lipinski definition) is 1.